The Balaban J connectivity index is 1.47. The van der Waals surface area contributed by atoms with Gasteiger partial charge in [-0.2, -0.15) is 0 Å². The van der Waals surface area contributed by atoms with Crippen LogP contribution in [-0.4, -0.2) is 24.4 Å². The number of ether oxygens (including phenoxy) is 1. The third kappa shape index (κ3) is 7.16. The molecule has 0 aromatic heterocycles. The van der Waals surface area contributed by atoms with Crippen molar-refractivity contribution in [3.63, 3.8) is 0 Å². The molecule has 3 aromatic carbocycles. The van der Waals surface area contributed by atoms with E-state index in [4.69, 9.17) is 4.74 Å². The maximum absolute atomic E-state index is 12.3. The van der Waals surface area contributed by atoms with Crippen molar-refractivity contribution in [3.8, 4) is 5.75 Å². The number of rotatable bonds is 10. The van der Waals surface area contributed by atoms with E-state index in [2.05, 4.69) is 16.0 Å². The smallest absolute Gasteiger partial charge is 0.251 e. The van der Waals surface area contributed by atoms with Crippen molar-refractivity contribution in [1.29, 1.82) is 0 Å². The summed E-state index contributed by atoms with van der Waals surface area (Å²) in [6.45, 7) is 4.56. The molecular weight excluding hydrogens is 402 g/mol. The molecule has 0 heterocycles. The predicted molar refractivity (Wildman–Crippen MR) is 128 cm³/mol. The van der Waals surface area contributed by atoms with Crippen LogP contribution in [-0.2, 0) is 11.4 Å². The Kier molecular flexibility index (Phi) is 8.26. The summed E-state index contributed by atoms with van der Waals surface area (Å²) in [7, 11) is 0. The van der Waals surface area contributed by atoms with Crippen molar-refractivity contribution in [1.82, 2.24) is 5.32 Å². The van der Waals surface area contributed by atoms with Gasteiger partial charge in [0.2, 0.25) is 5.91 Å². The van der Waals surface area contributed by atoms with Gasteiger partial charge in [0.15, 0.2) is 0 Å². The van der Waals surface area contributed by atoms with Crippen molar-refractivity contribution in [3.05, 3.63) is 90.0 Å². The van der Waals surface area contributed by atoms with E-state index in [1.807, 2.05) is 62.4 Å². The SMILES string of the molecule is CCC(C)NC(=O)c1ccc(NCC(=O)Nc2cccc(OCc3ccccc3)c2)cc1. The molecule has 3 N–H and O–H groups in total. The largest absolute Gasteiger partial charge is 0.489 e. The number of hydrogen-bond acceptors (Lipinski definition) is 4. The van der Waals surface area contributed by atoms with Gasteiger partial charge in [-0.05, 0) is 55.3 Å². The van der Waals surface area contributed by atoms with Gasteiger partial charge in [-0.25, -0.2) is 0 Å². The molecule has 0 saturated carbocycles. The lowest BCUT2D eigenvalue weighted by atomic mass is 10.1. The second-order valence-electron chi connectivity index (χ2n) is 7.56. The molecule has 2 amide bonds. The highest BCUT2D eigenvalue weighted by atomic mass is 16.5. The molecule has 3 rings (SSSR count). The summed E-state index contributed by atoms with van der Waals surface area (Å²) in [6, 6.07) is 24.4. The molecule has 0 aliphatic rings. The summed E-state index contributed by atoms with van der Waals surface area (Å²) in [4.78, 5) is 24.5. The summed E-state index contributed by atoms with van der Waals surface area (Å²) in [5.74, 6) is 0.410. The van der Waals surface area contributed by atoms with Gasteiger partial charge in [0.1, 0.15) is 12.4 Å². The minimum absolute atomic E-state index is 0.0991. The van der Waals surface area contributed by atoms with Gasteiger partial charge in [-0.3, -0.25) is 9.59 Å². The van der Waals surface area contributed by atoms with Gasteiger partial charge in [0, 0.05) is 29.0 Å². The van der Waals surface area contributed by atoms with Crippen molar-refractivity contribution in [2.24, 2.45) is 0 Å². The highest BCUT2D eigenvalue weighted by Crippen LogP contribution is 2.19. The molecule has 6 heteroatoms. The predicted octanol–water partition coefficient (Wildman–Crippen LogP) is 4.84. The van der Waals surface area contributed by atoms with Gasteiger partial charge >= 0.3 is 0 Å². The Morgan fingerprint density at radius 2 is 1.66 bits per heavy atom. The van der Waals surface area contributed by atoms with E-state index < -0.39 is 0 Å². The lowest BCUT2D eigenvalue weighted by molar-refractivity contribution is -0.114. The topological polar surface area (TPSA) is 79.5 Å². The molecule has 0 spiro atoms. The van der Waals surface area contributed by atoms with Crippen molar-refractivity contribution in [2.75, 3.05) is 17.2 Å². The fourth-order valence-electron chi connectivity index (χ4n) is 2.94. The molecule has 3 aromatic rings. The number of anilines is 2. The molecule has 0 aliphatic carbocycles. The minimum Gasteiger partial charge on any atom is -0.489 e. The zero-order chi connectivity index (χ0) is 22.8. The van der Waals surface area contributed by atoms with Crippen LogP contribution >= 0.6 is 0 Å². The van der Waals surface area contributed by atoms with E-state index in [0.29, 0.717) is 23.6 Å². The Morgan fingerprint density at radius 3 is 2.38 bits per heavy atom. The van der Waals surface area contributed by atoms with E-state index >= 15 is 0 Å². The number of hydrogen-bond donors (Lipinski definition) is 3. The van der Waals surface area contributed by atoms with Crippen LogP contribution in [0.4, 0.5) is 11.4 Å². The van der Waals surface area contributed by atoms with Crippen molar-refractivity contribution in [2.45, 2.75) is 32.9 Å². The van der Waals surface area contributed by atoms with E-state index in [0.717, 1.165) is 17.7 Å². The second-order valence-corrected chi connectivity index (χ2v) is 7.56. The van der Waals surface area contributed by atoms with Crippen LogP contribution in [0.5, 0.6) is 5.75 Å². The molecule has 1 unspecified atom stereocenters. The molecule has 0 bridgehead atoms. The van der Waals surface area contributed by atoms with E-state index in [-0.39, 0.29) is 24.4 Å². The number of nitrogens with one attached hydrogen (secondary N) is 3. The maximum atomic E-state index is 12.3. The molecule has 0 saturated heterocycles. The molecule has 6 nitrogen and oxygen atoms in total. The van der Waals surface area contributed by atoms with Crippen molar-refractivity contribution < 1.29 is 14.3 Å². The van der Waals surface area contributed by atoms with E-state index in [1.165, 1.54) is 0 Å². The third-order valence-corrected chi connectivity index (χ3v) is 4.96. The van der Waals surface area contributed by atoms with Gasteiger partial charge in [-0.15, -0.1) is 0 Å². The van der Waals surface area contributed by atoms with Crippen LogP contribution in [0.25, 0.3) is 0 Å². The Hall–Kier alpha value is -3.80. The van der Waals surface area contributed by atoms with Crippen molar-refractivity contribution >= 4 is 23.2 Å². The first-order chi connectivity index (χ1) is 15.5. The molecule has 32 heavy (non-hydrogen) atoms. The summed E-state index contributed by atoms with van der Waals surface area (Å²) in [5.41, 5.74) is 3.10. The average Bonchev–Trinajstić information content (AvgIpc) is 2.82. The highest BCUT2D eigenvalue weighted by Gasteiger charge is 2.09. The van der Waals surface area contributed by atoms with Crippen LogP contribution in [0.15, 0.2) is 78.9 Å². The monoisotopic (exact) mass is 431 g/mol. The Bertz CT molecular complexity index is 1020. The zero-order valence-electron chi connectivity index (χ0n) is 18.4. The first-order valence-electron chi connectivity index (χ1n) is 10.7. The van der Waals surface area contributed by atoms with Crippen LogP contribution in [0.2, 0.25) is 0 Å². The number of amides is 2. The fraction of sp³-hybridized carbons (Fsp3) is 0.231. The second kappa shape index (κ2) is 11.6. The summed E-state index contributed by atoms with van der Waals surface area (Å²) >= 11 is 0. The first-order valence-corrected chi connectivity index (χ1v) is 10.7. The average molecular weight is 432 g/mol. The van der Waals surface area contributed by atoms with Crippen LogP contribution in [0, 0.1) is 0 Å². The van der Waals surface area contributed by atoms with Crippen LogP contribution < -0.4 is 20.7 Å². The maximum Gasteiger partial charge on any atom is 0.251 e. The normalized spacial score (nSPS) is 11.3. The Labute approximate surface area is 189 Å². The summed E-state index contributed by atoms with van der Waals surface area (Å²) in [6.07, 6.45) is 0.878. The molecule has 166 valence electrons. The lowest BCUT2D eigenvalue weighted by Crippen LogP contribution is -2.31. The molecular formula is C26H29N3O3. The first kappa shape index (κ1) is 22.9. The van der Waals surface area contributed by atoms with Crippen LogP contribution in [0.1, 0.15) is 36.2 Å². The van der Waals surface area contributed by atoms with Gasteiger partial charge < -0.3 is 20.7 Å². The van der Waals surface area contributed by atoms with Crippen LogP contribution in [0.3, 0.4) is 0 Å². The van der Waals surface area contributed by atoms with Gasteiger partial charge in [0.25, 0.3) is 5.91 Å². The zero-order valence-corrected chi connectivity index (χ0v) is 18.4. The fourth-order valence-corrected chi connectivity index (χ4v) is 2.94. The van der Waals surface area contributed by atoms with E-state index in [1.54, 1.807) is 30.3 Å². The number of carbonyl (C=O) groups excluding carboxylic acids is 2. The number of benzene rings is 3. The third-order valence-electron chi connectivity index (χ3n) is 4.96. The Morgan fingerprint density at radius 1 is 0.906 bits per heavy atom. The molecule has 0 radical (unpaired) electrons. The highest BCUT2D eigenvalue weighted by molar-refractivity contribution is 5.95. The molecule has 1 atom stereocenters. The van der Waals surface area contributed by atoms with Gasteiger partial charge in [-0.1, -0.05) is 43.3 Å². The standard InChI is InChI=1S/C26H29N3O3/c1-3-19(2)28-26(31)21-12-14-22(15-13-21)27-17-25(30)29-23-10-7-11-24(16-23)32-18-20-8-5-4-6-9-20/h4-16,19,27H,3,17-18H2,1-2H3,(H,28,31)(H,29,30). The van der Waals surface area contributed by atoms with E-state index in [9.17, 15) is 9.59 Å². The molecule has 0 fully saturated rings. The lowest BCUT2D eigenvalue weighted by Gasteiger charge is -2.12. The summed E-state index contributed by atoms with van der Waals surface area (Å²) < 4.78 is 5.81. The molecule has 0 aliphatic heterocycles. The number of carbonyl (C=O) groups is 2. The summed E-state index contributed by atoms with van der Waals surface area (Å²) in [5, 5.41) is 8.86. The quantitative estimate of drug-likeness (QED) is 0.429. The van der Waals surface area contributed by atoms with Gasteiger partial charge in [0.05, 0.1) is 6.54 Å². The minimum atomic E-state index is -0.177.